The fourth-order valence-electron chi connectivity index (χ4n) is 1.99. The van der Waals surface area contributed by atoms with Crippen molar-refractivity contribution in [2.45, 2.75) is 33.2 Å². The second-order valence-electron chi connectivity index (χ2n) is 4.72. The summed E-state index contributed by atoms with van der Waals surface area (Å²) in [5, 5.41) is 3.37. The van der Waals surface area contributed by atoms with Crippen molar-refractivity contribution in [2.75, 3.05) is 12.4 Å². The quantitative estimate of drug-likeness (QED) is 0.842. The van der Waals surface area contributed by atoms with Gasteiger partial charge >= 0.3 is 0 Å². The maximum absolute atomic E-state index is 5.26. The molecular weight excluding hydrogens is 318 g/mol. The molecule has 1 N–H and O–H groups in total. The third-order valence-corrected chi connectivity index (χ3v) is 3.76. The Morgan fingerprint density at radius 3 is 2.90 bits per heavy atom. The first kappa shape index (κ1) is 14.9. The Morgan fingerprint density at radius 2 is 2.20 bits per heavy atom. The number of hydrogen-bond acceptors (Lipinski definition) is 3. The van der Waals surface area contributed by atoms with Crippen molar-refractivity contribution in [3.8, 4) is 5.75 Å². The van der Waals surface area contributed by atoms with Gasteiger partial charge in [0.2, 0.25) is 5.95 Å². The van der Waals surface area contributed by atoms with Gasteiger partial charge in [-0.1, -0.05) is 13.3 Å². The Bertz CT molecular complexity index is 580. The number of ether oxygens (including phenoxy) is 1. The molecule has 0 aliphatic rings. The van der Waals surface area contributed by atoms with Crippen LogP contribution in [0.4, 0.5) is 11.6 Å². The highest BCUT2D eigenvalue weighted by Gasteiger charge is 2.08. The molecule has 1 aromatic carbocycles. The Labute approximate surface area is 128 Å². The van der Waals surface area contributed by atoms with Crippen LogP contribution >= 0.6 is 15.9 Å². The summed E-state index contributed by atoms with van der Waals surface area (Å²) in [4.78, 5) is 4.55. The van der Waals surface area contributed by atoms with Gasteiger partial charge < -0.3 is 14.6 Å². The highest BCUT2D eigenvalue weighted by Crippen LogP contribution is 2.29. The summed E-state index contributed by atoms with van der Waals surface area (Å²) in [6, 6.07) is 5.84. The molecule has 20 heavy (non-hydrogen) atoms. The van der Waals surface area contributed by atoms with Gasteiger partial charge in [-0.3, -0.25) is 0 Å². The Balaban J connectivity index is 2.25. The summed E-state index contributed by atoms with van der Waals surface area (Å²) in [5.41, 5.74) is 1.97. The van der Waals surface area contributed by atoms with Crippen LogP contribution in [0.2, 0.25) is 0 Å². The summed E-state index contributed by atoms with van der Waals surface area (Å²) < 4.78 is 8.40. The highest BCUT2D eigenvalue weighted by molar-refractivity contribution is 9.10. The van der Waals surface area contributed by atoms with Gasteiger partial charge in [-0.05, 0) is 41.4 Å². The van der Waals surface area contributed by atoms with E-state index in [0.29, 0.717) is 0 Å². The van der Waals surface area contributed by atoms with E-state index in [1.165, 1.54) is 6.42 Å². The molecule has 0 saturated heterocycles. The van der Waals surface area contributed by atoms with E-state index in [1.54, 1.807) is 7.11 Å². The molecule has 0 spiro atoms. The number of nitrogens with one attached hydrogen (secondary N) is 1. The van der Waals surface area contributed by atoms with Gasteiger partial charge in [0, 0.05) is 23.3 Å². The lowest BCUT2D eigenvalue weighted by atomic mass is 10.3. The van der Waals surface area contributed by atoms with Crippen LogP contribution in [-0.2, 0) is 6.54 Å². The van der Waals surface area contributed by atoms with Crippen molar-refractivity contribution in [1.82, 2.24) is 9.55 Å². The van der Waals surface area contributed by atoms with Gasteiger partial charge in [-0.15, -0.1) is 0 Å². The normalized spacial score (nSPS) is 10.6. The smallest absolute Gasteiger partial charge is 0.207 e. The maximum Gasteiger partial charge on any atom is 0.207 e. The number of halogens is 1. The van der Waals surface area contributed by atoms with E-state index in [1.807, 2.05) is 25.1 Å². The number of hydrogen-bond donors (Lipinski definition) is 1. The number of unbranched alkanes of at least 4 members (excludes halogenated alkanes) is 1. The molecule has 0 saturated carbocycles. The number of imidazole rings is 1. The molecule has 2 rings (SSSR count). The molecule has 0 aliphatic heterocycles. The highest BCUT2D eigenvalue weighted by atomic mass is 79.9. The Kier molecular flexibility index (Phi) is 5.06. The first-order valence-electron chi connectivity index (χ1n) is 6.78. The minimum Gasteiger partial charge on any atom is -0.497 e. The number of aryl methyl sites for hydroxylation is 2. The molecular formula is C15H20BrN3O. The van der Waals surface area contributed by atoms with Crippen LogP contribution in [0.5, 0.6) is 5.75 Å². The topological polar surface area (TPSA) is 39.1 Å². The molecule has 4 nitrogen and oxygen atoms in total. The SMILES string of the molecule is CCCCn1cc(C)nc1Nc1cc(OC)ccc1Br. The maximum atomic E-state index is 5.26. The van der Waals surface area contributed by atoms with Gasteiger partial charge in [-0.2, -0.15) is 0 Å². The van der Waals surface area contributed by atoms with Crippen molar-refractivity contribution < 1.29 is 4.74 Å². The van der Waals surface area contributed by atoms with Gasteiger partial charge in [0.15, 0.2) is 0 Å². The van der Waals surface area contributed by atoms with E-state index >= 15 is 0 Å². The number of anilines is 2. The van der Waals surface area contributed by atoms with E-state index in [4.69, 9.17) is 4.74 Å². The minimum atomic E-state index is 0.819. The molecule has 0 radical (unpaired) electrons. The molecule has 108 valence electrons. The third kappa shape index (κ3) is 3.54. The van der Waals surface area contributed by atoms with Gasteiger partial charge in [0.05, 0.1) is 18.5 Å². The molecule has 0 unspecified atom stereocenters. The zero-order chi connectivity index (χ0) is 14.5. The first-order chi connectivity index (χ1) is 9.63. The van der Waals surface area contributed by atoms with E-state index in [2.05, 4.69) is 43.9 Å². The van der Waals surface area contributed by atoms with Crippen molar-refractivity contribution in [3.05, 3.63) is 34.6 Å². The van der Waals surface area contributed by atoms with E-state index in [0.717, 1.165) is 40.5 Å². The molecule has 5 heteroatoms. The summed E-state index contributed by atoms with van der Waals surface area (Å²) in [6.45, 7) is 5.17. The Hall–Kier alpha value is -1.49. The molecule has 0 fully saturated rings. The average Bonchev–Trinajstić information content (AvgIpc) is 2.79. The van der Waals surface area contributed by atoms with E-state index in [9.17, 15) is 0 Å². The summed E-state index contributed by atoms with van der Waals surface area (Å²) >= 11 is 3.55. The van der Waals surface area contributed by atoms with Gasteiger partial charge in [-0.25, -0.2) is 4.98 Å². The van der Waals surface area contributed by atoms with Crippen LogP contribution < -0.4 is 10.1 Å². The molecule has 0 atom stereocenters. The lowest BCUT2D eigenvalue weighted by molar-refractivity contribution is 0.415. The summed E-state index contributed by atoms with van der Waals surface area (Å²) in [7, 11) is 1.67. The van der Waals surface area contributed by atoms with Gasteiger partial charge in [0.1, 0.15) is 5.75 Å². The van der Waals surface area contributed by atoms with Gasteiger partial charge in [0.25, 0.3) is 0 Å². The van der Waals surface area contributed by atoms with Crippen LogP contribution in [0, 0.1) is 6.92 Å². The summed E-state index contributed by atoms with van der Waals surface area (Å²) in [5.74, 6) is 1.68. The lowest BCUT2D eigenvalue weighted by Gasteiger charge is -2.11. The first-order valence-corrected chi connectivity index (χ1v) is 7.57. The Morgan fingerprint density at radius 1 is 1.40 bits per heavy atom. The predicted molar refractivity (Wildman–Crippen MR) is 85.8 cm³/mol. The van der Waals surface area contributed by atoms with Crippen LogP contribution in [0.15, 0.2) is 28.9 Å². The monoisotopic (exact) mass is 337 g/mol. The number of nitrogens with zero attached hydrogens (tertiary/aromatic N) is 2. The minimum absolute atomic E-state index is 0.819. The van der Waals surface area contributed by atoms with Crippen LogP contribution in [-0.4, -0.2) is 16.7 Å². The molecule has 2 aromatic rings. The fourth-order valence-corrected chi connectivity index (χ4v) is 2.34. The molecule has 0 aliphatic carbocycles. The second kappa shape index (κ2) is 6.79. The van der Waals surface area contributed by atoms with E-state index in [-0.39, 0.29) is 0 Å². The standard InChI is InChI=1S/C15H20BrN3O/c1-4-5-8-19-10-11(2)17-15(19)18-14-9-12(20-3)6-7-13(14)16/h6-7,9-10H,4-5,8H2,1-3H3,(H,17,18). The van der Waals surface area contributed by atoms with Crippen LogP contribution in [0.3, 0.4) is 0 Å². The predicted octanol–water partition coefficient (Wildman–Crippen LogP) is 4.51. The van der Waals surface area contributed by atoms with Crippen molar-refractivity contribution >= 4 is 27.6 Å². The molecule has 0 amide bonds. The van der Waals surface area contributed by atoms with Crippen LogP contribution in [0.1, 0.15) is 25.5 Å². The number of rotatable bonds is 6. The largest absolute Gasteiger partial charge is 0.497 e. The van der Waals surface area contributed by atoms with Crippen molar-refractivity contribution in [1.29, 1.82) is 0 Å². The molecule has 1 heterocycles. The zero-order valence-corrected chi connectivity index (χ0v) is 13.7. The summed E-state index contributed by atoms with van der Waals surface area (Å²) in [6.07, 6.45) is 4.38. The average molecular weight is 338 g/mol. The lowest BCUT2D eigenvalue weighted by Crippen LogP contribution is -2.03. The van der Waals surface area contributed by atoms with Crippen LogP contribution in [0.25, 0.3) is 0 Å². The number of aromatic nitrogens is 2. The van der Waals surface area contributed by atoms with Crippen molar-refractivity contribution in [2.24, 2.45) is 0 Å². The second-order valence-corrected chi connectivity index (χ2v) is 5.58. The number of methoxy groups -OCH3 is 1. The fraction of sp³-hybridized carbons (Fsp3) is 0.400. The third-order valence-electron chi connectivity index (χ3n) is 3.07. The number of benzene rings is 1. The zero-order valence-electron chi connectivity index (χ0n) is 12.1. The molecule has 1 aromatic heterocycles. The molecule has 0 bridgehead atoms. The van der Waals surface area contributed by atoms with E-state index < -0.39 is 0 Å². The van der Waals surface area contributed by atoms with Crippen molar-refractivity contribution in [3.63, 3.8) is 0 Å².